The molecule has 0 heterocycles. The summed E-state index contributed by atoms with van der Waals surface area (Å²) >= 11 is 0. The Kier molecular flexibility index (Phi) is 6.15. The summed E-state index contributed by atoms with van der Waals surface area (Å²) in [4.78, 5) is 12.6. The lowest BCUT2D eigenvalue weighted by Crippen LogP contribution is -2.35. The average Bonchev–Trinajstić information content (AvgIpc) is 3.04. The maximum atomic E-state index is 12.6. The zero-order valence-corrected chi connectivity index (χ0v) is 17.9. The van der Waals surface area contributed by atoms with Crippen molar-refractivity contribution in [1.82, 2.24) is 0 Å². The molecule has 0 bridgehead atoms. The van der Waals surface area contributed by atoms with E-state index >= 15 is 0 Å². The number of hydrogen-bond acceptors (Lipinski definition) is 2. The molecule has 6 atom stereocenters. The zero-order valence-electron chi connectivity index (χ0n) is 17.9. The molecule has 2 nitrogen and oxygen atoms in total. The Balaban J connectivity index is 1.83. The number of aliphatic hydroxyl groups is 1. The number of hydrogen-bond donors (Lipinski definition) is 1. The van der Waals surface area contributed by atoms with Crippen molar-refractivity contribution in [3.8, 4) is 0 Å². The summed E-state index contributed by atoms with van der Waals surface area (Å²) in [5.41, 5.74) is 3.93. The molecule has 1 N–H and O–H groups in total. The van der Waals surface area contributed by atoms with Crippen LogP contribution in [-0.4, -0.2) is 17.5 Å². The van der Waals surface area contributed by atoms with Crippen molar-refractivity contribution >= 4 is 5.78 Å². The summed E-state index contributed by atoms with van der Waals surface area (Å²) in [5, 5.41) is 9.96. The van der Waals surface area contributed by atoms with Gasteiger partial charge in [-0.2, -0.15) is 0 Å². The highest BCUT2D eigenvalue weighted by molar-refractivity contribution is 5.97. The Morgan fingerprint density at radius 1 is 1.41 bits per heavy atom. The molecular formula is C25H38O2. The number of rotatable bonds is 5. The normalized spacial score (nSPS) is 38.8. The van der Waals surface area contributed by atoms with Crippen LogP contribution in [0.25, 0.3) is 0 Å². The van der Waals surface area contributed by atoms with E-state index in [0.717, 1.165) is 30.3 Å². The fourth-order valence-corrected chi connectivity index (χ4v) is 6.32. The van der Waals surface area contributed by atoms with E-state index in [1.165, 1.54) is 36.8 Å². The van der Waals surface area contributed by atoms with Crippen LogP contribution in [0.1, 0.15) is 73.1 Å². The van der Waals surface area contributed by atoms with Crippen LogP contribution in [0.5, 0.6) is 0 Å². The van der Waals surface area contributed by atoms with Crippen molar-refractivity contribution in [2.24, 2.45) is 35.0 Å². The Labute approximate surface area is 165 Å². The van der Waals surface area contributed by atoms with Crippen molar-refractivity contribution in [1.29, 1.82) is 0 Å². The van der Waals surface area contributed by atoms with Gasteiger partial charge in [0.2, 0.25) is 0 Å². The summed E-state index contributed by atoms with van der Waals surface area (Å²) < 4.78 is 0. The van der Waals surface area contributed by atoms with E-state index in [0.29, 0.717) is 17.3 Å². The molecule has 3 rings (SSSR count). The monoisotopic (exact) mass is 370 g/mol. The quantitative estimate of drug-likeness (QED) is 0.614. The van der Waals surface area contributed by atoms with E-state index in [-0.39, 0.29) is 18.3 Å². The van der Waals surface area contributed by atoms with Crippen LogP contribution < -0.4 is 0 Å². The molecule has 0 spiro atoms. The third-order valence-corrected chi connectivity index (χ3v) is 7.93. The second kappa shape index (κ2) is 8.07. The van der Waals surface area contributed by atoms with E-state index in [2.05, 4.69) is 46.8 Å². The molecule has 2 heteroatoms. The summed E-state index contributed by atoms with van der Waals surface area (Å²) in [6.07, 6.45) is 13.6. The zero-order chi connectivity index (χ0) is 19.8. The van der Waals surface area contributed by atoms with Gasteiger partial charge in [-0.1, -0.05) is 37.1 Å². The van der Waals surface area contributed by atoms with Gasteiger partial charge >= 0.3 is 0 Å². The maximum absolute atomic E-state index is 12.6. The third kappa shape index (κ3) is 4.01. The lowest BCUT2D eigenvalue weighted by molar-refractivity contribution is -0.117. The first-order valence-electron chi connectivity index (χ1n) is 10.9. The largest absolute Gasteiger partial charge is 0.392 e. The van der Waals surface area contributed by atoms with Gasteiger partial charge in [-0.15, -0.1) is 0 Å². The topological polar surface area (TPSA) is 37.3 Å². The molecule has 1 fully saturated rings. The van der Waals surface area contributed by atoms with Crippen molar-refractivity contribution in [3.05, 3.63) is 34.9 Å². The highest BCUT2D eigenvalue weighted by Crippen LogP contribution is 2.58. The molecule has 3 aliphatic rings. The van der Waals surface area contributed by atoms with Gasteiger partial charge in [-0.25, -0.2) is 0 Å². The van der Waals surface area contributed by atoms with Crippen molar-refractivity contribution in [2.45, 2.75) is 73.1 Å². The summed E-state index contributed by atoms with van der Waals surface area (Å²) in [5.74, 6) is 2.57. The minimum absolute atomic E-state index is 0.0260. The predicted octanol–water partition coefficient (Wildman–Crippen LogP) is 5.88. The smallest absolute Gasteiger partial charge is 0.163 e. The van der Waals surface area contributed by atoms with Gasteiger partial charge in [0.1, 0.15) is 0 Å². The molecule has 1 saturated carbocycles. The van der Waals surface area contributed by atoms with Gasteiger partial charge in [-0.05, 0) is 100 Å². The number of aliphatic hydroxyl groups excluding tert-OH is 1. The van der Waals surface area contributed by atoms with Crippen LogP contribution >= 0.6 is 0 Å². The molecule has 0 aromatic carbocycles. The van der Waals surface area contributed by atoms with Crippen LogP contribution in [0.15, 0.2) is 34.9 Å². The lowest BCUT2D eigenvalue weighted by atomic mass is 9.63. The SMILES string of the molecule is CC(C)=CCC[C@H](C)[C@H]1CC[C@]2(C)C[C@@H]3C(C)=CC(=O)[C@H]3/C(CO)=C\C[C@@H]12. The van der Waals surface area contributed by atoms with Gasteiger partial charge in [0.15, 0.2) is 5.78 Å². The predicted molar refractivity (Wildman–Crippen MR) is 112 cm³/mol. The Morgan fingerprint density at radius 2 is 2.15 bits per heavy atom. The summed E-state index contributed by atoms with van der Waals surface area (Å²) in [6, 6.07) is 0. The van der Waals surface area contributed by atoms with Gasteiger partial charge in [0.25, 0.3) is 0 Å². The highest BCUT2D eigenvalue weighted by Gasteiger charge is 2.50. The average molecular weight is 371 g/mol. The Hall–Kier alpha value is -1.15. The summed E-state index contributed by atoms with van der Waals surface area (Å²) in [7, 11) is 0. The van der Waals surface area contributed by atoms with Crippen LogP contribution in [0.3, 0.4) is 0 Å². The summed E-state index contributed by atoms with van der Waals surface area (Å²) in [6.45, 7) is 11.4. The first-order valence-corrected chi connectivity index (χ1v) is 10.9. The molecule has 0 radical (unpaired) electrons. The van der Waals surface area contributed by atoms with Crippen LogP contribution in [0, 0.1) is 35.0 Å². The first-order chi connectivity index (χ1) is 12.8. The second-order valence-electron chi connectivity index (χ2n) is 10.1. The van der Waals surface area contributed by atoms with E-state index in [1.807, 2.05) is 6.08 Å². The molecule has 150 valence electrons. The molecule has 0 unspecified atom stereocenters. The van der Waals surface area contributed by atoms with Gasteiger partial charge in [0.05, 0.1) is 12.5 Å². The molecule has 0 aromatic heterocycles. The first kappa shape index (κ1) is 20.6. The maximum Gasteiger partial charge on any atom is 0.163 e. The van der Waals surface area contributed by atoms with E-state index in [1.54, 1.807) is 0 Å². The fraction of sp³-hybridized carbons (Fsp3) is 0.720. The minimum atomic E-state index is -0.0954. The number of carbonyl (C=O) groups excluding carboxylic acids is 1. The highest BCUT2D eigenvalue weighted by atomic mass is 16.3. The second-order valence-corrected chi connectivity index (χ2v) is 10.1. The van der Waals surface area contributed by atoms with Gasteiger partial charge in [-0.3, -0.25) is 4.79 Å². The molecular weight excluding hydrogens is 332 g/mol. The lowest BCUT2D eigenvalue weighted by Gasteiger charge is -2.41. The van der Waals surface area contributed by atoms with Crippen LogP contribution in [0.4, 0.5) is 0 Å². The third-order valence-electron chi connectivity index (χ3n) is 7.93. The molecule has 3 aliphatic carbocycles. The van der Waals surface area contributed by atoms with Crippen molar-refractivity contribution in [3.63, 3.8) is 0 Å². The van der Waals surface area contributed by atoms with Crippen LogP contribution in [-0.2, 0) is 4.79 Å². The van der Waals surface area contributed by atoms with E-state index < -0.39 is 0 Å². The van der Waals surface area contributed by atoms with E-state index in [9.17, 15) is 9.90 Å². The van der Waals surface area contributed by atoms with Crippen molar-refractivity contribution < 1.29 is 9.90 Å². The molecule has 0 aromatic rings. The fourth-order valence-electron chi connectivity index (χ4n) is 6.32. The molecule has 27 heavy (non-hydrogen) atoms. The number of fused-ring (bicyclic) bond motifs is 2. The Bertz CT molecular complexity index is 664. The number of ketones is 1. The molecule has 0 aliphatic heterocycles. The standard InChI is InChI=1S/C25H38O2/c1-16(2)7-6-8-17(3)20-11-12-25(5)14-21-18(4)13-23(27)24(21)19(15-26)9-10-22(20)25/h7,9,13,17,20-22,24,26H,6,8,10-12,14-15H2,1-5H3/b19-9-/t17-,20+,21+,22-,24-,25+/m0/s1. The molecule has 0 saturated heterocycles. The Morgan fingerprint density at radius 3 is 2.81 bits per heavy atom. The van der Waals surface area contributed by atoms with Gasteiger partial charge in [0, 0.05) is 0 Å². The minimum Gasteiger partial charge on any atom is -0.392 e. The van der Waals surface area contributed by atoms with Crippen LogP contribution in [0.2, 0.25) is 0 Å². The molecule has 0 amide bonds. The van der Waals surface area contributed by atoms with Gasteiger partial charge < -0.3 is 5.11 Å². The van der Waals surface area contributed by atoms with E-state index in [4.69, 9.17) is 0 Å². The van der Waals surface area contributed by atoms with Crippen molar-refractivity contribution in [2.75, 3.05) is 6.61 Å². The number of carbonyl (C=O) groups is 1. The number of allylic oxidation sites excluding steroid dienone is 5.